The summed E-state index contributed by atoms with van der Waals surface area (Å²) < 4.78 is 0.461. The Bertz CT molecular complexity index is 490. The van der Waals surface area contributed by atoms with E-state index in [0.29, 0.717) is 11.0 Å². The molecule has 1 aromatic rings. The van der Waals surface area contributed by atoms with Gasteiger partial charge in [0, 0.05) is 20.0 Å². The van der Waals surface area contributed by atoms with Crippen molar-refractivity contribution in [1.82, 2.24) is 9.80 Å². The van der Waals surface area contributed by atoms with E-state index in [9.17, 15) is 9.90 Å². The lowest BCUT2D eigenvalue weighted by molar-refractivity contribution is -0.250. The molecule has 0 aliphatic carbocycles. The third-order valence-electron chi connectivity index (χ3n) is 2.71. The number of quaternary nitrogens is 1. The maximum absolute atomic E-state index is 11.1. The fraction of sp³-hybridized carbons (Fsp3) is 0.429. The van der Waals surface area contributed by atoms with Crippen molar-refractivity contribution in [3.05, 3.63) is 23.8 Å². The summed E-state index contributed by atoms with van der Waals surface area (Å²) in [6, 6.07) is 5.53. The summed E-state index contributed by atoms with van der Waals surface area (Å²) in [4.78, 5) is 20.3. The van der Waals surface area contributed by atoms with Crippen LogP contribution in [0.15, 0.2) is 18.2 Å². The number of ketones is 1. The SMILES string of the molecule is CC(=O)C[N+](C)(C)c1ccc(C)c(O)c1.CNC(=O)[O-].Cl. The van der Waals surface area contributed by atoms with E-state index >= 15 is 0 Å². The number of likely N-dealkylation sites (N-methyl/N-ethyl adjacent to an activating group) is 1. The second-order valence-corrected chi connectivity index (χ2v) is 5.05. The van der Waals surface area contributed by atoms with Crippen LogP contribution in [-0.4, -0.2) is 44.7 Å². The summed E-state index contributed by atoms with van der Waals surface area (Å²) >= 11 is 0. The van der Waals surface area contributed by atoms with Crippen LogP contribution in [-0.2, 0) is 4.79 Å². The Labute approximate surface area is 131 Å². The number of aromatic hydroxyl groups is 1. The number of nitrogens with zero attached hydrogens (tertiary/aromatic N) is 1. The molecule has 1 aromatic carbocycles. The number of hydrogen-bond acceptors (Lipinski definition) is 4. The van der Waals surface area contributed by atoms with Crippen molar-refractivity contribution in [2.24, 2.45) is 0 Å². The Balaban J connectivity index is 0. The van der Waals surface area contributed by atoms with Crippen molar-refractivity contribution in [2.75, 3.05) is 27.7 Å². The smallest absolute Gasteiger partial charge is 0.184 e. The maximum Gasteiger partial charge on any atom is 0.184 e. The second-order valence-electron chi connectivity index (χ2n) is 5.05. The molecule has 6 nitrogen and oxygen atoms in total. The predicted molar refractivity (Wildman–Crippen MR) is 83.7 cm³/mol. The number of halogens is 1. The number of carbonyl (C=O) groups is 2. The summed E-state index contributed by atoms with van der Waals surface area (Å²) in [6.07, 6.45) is -1.25. The summed E-state index contributed by atoms with van der Waals surface area (Å²) in [7, 11) is 5.19. The van der Waals surface area contributed by atoms with Gasteiger partial charge in [-0.2, -0.15) is 0 Å². The summed E-state index contributed by atoms with van der Waals surface area (Å²) in [5.41, 5.74) is 1.79. The van der Waals surface area contributed by atoms with Gasteiger partial charge >= 0.3 is 0 Å². The first-order valence-electron chi connectivity index (χ1n) is 6.11. The normalized spacial score (nSPS) is 9.76. The minimum Gasteiger partial charge on any atom is -0.530 e. The number of hydrogen-bond donors (Lipinski definition) is 2. The highest BCUT2D eigenvalue weighted by atomic mass is 35.5. The summed E-state index contributed by atoms with van der Waals surface area (Å²) in [5, 5.41) is 20.6. The highest BCUT2D eigenvalue weighted by molar-refractivity contribution is 5.85. The van der Waals surface area contributed by atoms with Gasteiger partial charge < -0.3 is 20.3 Å². The first-order chi connectivity index (χ1) is 9.10. The third-order valence-corrected chi connectivity index (χ3v) is 2.71. The fourth-order valence-corrected chi connectivity index (χ4v) is 1.62. The Kier molecular flexibility index (Phi) is 9.42. The molecule has 21 heavy (non-hydrogen) atoms. The van der Waals surface area contributed by atoms with Gasteiger partial charge in [-0.15, -0.1) is 12.4 Å². The first-order valence-corrected chi connectivity index (χ1v) is 6.11. The Hall–Kier alpha value is -1.79. The van der Waals surface area contributed by atoms with Crippen LogP contribution in [0.1, 0.15) is 12.5 Å². The standard InChI is InChI=1S/C12H17NO2.C2H5NO2.ClH/c1-9-5-6-11(7-12(9)15)13(3,4)8-10(2)14;1-3-2(4)5;/h5-7H,8H2,1-4H3;3H,1H3,(H,4,5);1H. The number of carboxylic acid groups (broad SMARTS) is 1. The third kappa shape index (κ3) is 8.16. The van der Waals surface area contributed by atoms with Gasteiger partial charge in [0.15, 0.2) is 5.78 Å². The molecule has 0 radical (unpaired) electrons. The largest absolute Gasteiger partial charge is 0.530 e. The van der Waals surface area contributed by atoms with Gasteiger partial charge in [-0.1, -0.05) is 0 Å². The Morgan fingerprint density at radius 1 is 1.33 bits per heavy atom. The van der Waals surface area contributed by atoms with Gasteiger partial charge in [0.2, 0.25) is 0 Å². The average Bonchev–Trinajstić information content (AvgIpc) is 2.31. The highest BCUT2D eigenvalue weighted by Gasteiger charge is 2.21. The van der Waals surface area contributed by atoms with Crippen LogP contribution in [0.3, 0.4) is 0 Å². The molecule has 0 saturated heterocycles. The number of phenols is 1. The van der Waals surface area contributed by atoms with E-state index in [1.54, 1.807) is 13.0 Å². The van der Waals surface area contributed by atoms with Crippen molar-refractivity contribution in [3.63, 3.8) is 0 Å². The van der Waals surface area contributed by atoms with Crippen molar-refractivity contribution in [3.8, 4) is 5.75 Å². The van der Waals surface area contributed by atoms with Crippen molar-refractivity contribution < 1.29 is 19.8 Å². The molecule has 0 aliphatic rings. The molecule has 1 rings (SSSR count). The van der Waals surface area contributed by atoms with E-state index in [4.69, 9.17) is 9.90 Å². The van der Waals surface area contributed by atoms with Crippen LogP contribution in [0.2, 0.25) is 0 Å². The monoisotopic (exact) mass is 318 g/mol. The van der Waals surface area contributed by atoms with E-state index in [2.05, 4.69) is 0 Å². The van der Waals surface area contributed by atoms with Crippen LogP contribution in [0.4, 0.5) is 10.5 Å². The molecule has 7 heteroatoms. The number of amides is 1. The molecule has 0 aromatic heterocycles. The molecular formula is C14H23ClN2O4. The molecule has 120 valence electrons. The lowest BCUT2D eigenvalue weighted by Crippen LogP contribution is -2.44. The Morgan fingerprint density at radius 3 is 2.14 bits per heavy atom. The molecule has 0 heterocycles. The lowest BCUT2D eigenvalue weighted by Gasteiger charge is -2.28. The van der Waals surface area contributed by atoms with E-state index in [0.717, 1.165) is 11.3 Å². The fourth-order valence-electron chi connectivity index (χ4n) is 1.62. The zero-order valence-electron chi connectivity index (χ0n) is 13.0. The molecule has 0 bridgehead atoms. The number of nitrogens with one attached hydrogen (secondary N) is 1. The molecule has 0 unspecified atom stereocenters. The molecule has 0 spiro atoms. The van der Waals surface area contributed by atoms with Crippen LogP contribution in [0.25, 0.3) is 0 Å². The van der Waals surface area contributed by atoms with Crippen LogP contribution in [0, 0.1) is 6.92 Å². The van der Waals surface area contributed by atoms with Gasteiger partial charge in [-0.25, -0.2) is 0 Å². The molecule has 0 saturated carbocycles. The van der Waals surface area contributed by atoms with E-state index < -0.39 is 6.09 Å². The summed E-state index contributed by atoms with van der Waals surface area (Å²) in [5.74, 6) is 0.419. The van der Waals surface area contributed by atoms with Crippen LogP contribution < -0.4 is 14.9 Å². The quantitative estimate of drug-likeness (QED) is 0.808. The highest BCUT2D eigenvalue weighted by Crippen LogP contribution is 2.26. The lowest BCUT2D eigenvalue weighted by atomic mass is 10.1. The molecule has 2 N–H and O–H groups in total. The van der Waals surface area contributed by atoms with Crippen LogP contribution in [0.5, 0.6) is 5.75 Å². The predicted octanol–water partition coefficient (Wildman–Crippen LogP) is 0.827. The Morgan fingerprint density at radius 2 is 1.81 bits per heavy atom. The van der Waals surface area contributed by atoms with Crippen LogP contribution >= 0.6 is 12.4 Å². The zero-order chi connectivity index (χ0) is 15.9. The number of carbonyl (C=O) groups excluding carboxylic acids is 2. The second kappa shape index (κ2) is 9.20. The van der Waals surface area contributed by atoms with E-state index in [1.807, 2.05) is 38.5 Å². The molecule has 0 fully saturated rings. The minimum absolute atomic E-state index is 0. The number of aryl methyl sites for hydroxylation is 1. The number of Topliss-reactive ketones (excluding diaryl/α,β-unsaturated/α-hetero) is 1. The van der Waals surface area contributed by atoms with Crippen molar-refractivity contribution in [1.29, 1.82) is 0 Å². The average molecular weight is 319 g/mol. The number of rotatable bonds is 3. The zero-order valence-corrected chi connectivity index (χ0v) is 13.8. The molecular weight excluding hydrogens is 296 g/mol. The number of benzene rings is 1. The minimum atomic E-state index is -1.25. The molecule has 0 atom stereocenters. The topological polar surface area (TPSA) is 89.5 Å². The van der Waals surface area contributed by atoms with Gasteiger partial charge in [0.25, 0.3) is 0 Å². The van der Waals surface area contributed by atoms with Crippen molar-refractivity contribution >= 4 is 30.0 Å². The maximum atomic E-state index is 11.1. The summed E-state index contributed by atoms with van der Waals surface area (Å²) in [6.45, 7) is 3.86. The van der Waals surface area contributed by atoms with Gasteiger partial charge in [0.1, 0.15) is 24.1 Å². The van der Waals surface area contributed by atoms with Gasteiger partial charge in [-0.05, 0) is 24.6 Å². The van der Waals surface area contributed by atoms with E-state index in [1.165, 1.54) is 7.05 Å². The number of phenolic OH excluding ortho intramolecular Hbond substituents is 1. The van der Waals surface area contributed by atoms with Crippen molar-refractivity contribution in [2.45, 2.75) is 13.8 Å². The first kappa shape index (κ1) is 21.5. The van der Waals surface area contributed by atoms with Gasteiger partial charge in [0.05, 0.1) is 14.1 Å². The molecule has 1 amide bonds. The van der Waals surface area contributed by atoms with Gasteiger partial charge in [-0.3, -0.25) is 9.28 Å². The van der Waals surface area contributed by atoms with E-state index in [-0.39, 0.29) is 23.9 Å². The molecule has 0 aliphatic heterocycles.